The molecule has 0 spiro atoms. The van der Waals surface area contributed by atoms with E-state index in [4.69, 9.17) is 9.47 Å². The van der Waals surface area contributed by atoms with Gasteiger partial charge in [0.05, 0.1) is 25.9 Å². The van der Waals surface area contributed by atoms with Crippen LogP contribution in [0, 0.1) is 0 Å². The van der Waals surface area contributed by atoms with Gasteiger partial charge in [-0.25, -0.2) is 0 Å². The van der Waals surface area contributed by atoms with Crippen molar-refractivity contribution >= 4 is 0 Å². The second-order valence-corrected chi connectivity index (χ2v) is 3.59. The van der Waals surface area contributed by atoms with Gasteiger partial charge in [0, 0.05) is 0 Å². The number of hydrogen-bond donors (Lipinski definition) is 1. The van der Waals surface area contributed by atoms with Crippen molar-refractivity contribution in [3.8, 4) is 5.75 Å². The molecule has 0 bridgehead atoms. The van der Waals surface area contributed by atoms with Crippen molar-refractivity contribution in [3.05, 3.63) is 42.5 Å². The standard InChI is InChI=1S/C13H18O3/c1-4-13(14)10(2)16-9-11-5-7-12(15-3)8-6-11/h4-8,10,13-14H,1,9H2,2-3H3/t10-,13+/m0/s1. The van der Waals surface area contributed by atoms with Crippen molar-refractivity contribution in [2.75, 3.05) is 7.11 Å². The average molecular weight is 222 g/mol. The second-order valence-electron chi connectivity index (χ2n) is 3.59. The summed E-state index contributed by atoms with van der Waals surface area (Å²) in [6.45, 7) is 5.80. The molecule has 0 heterocycles. The maximum absolute atomic E-state index is 9.42. The van der Waals surface area contributed by atoms with E-state index in [9.17, 15) is 5.11 Å². The predicted molar refractivity (Wildman–Crippen MR) is 63.4 cm³/mol. The fourth-order valence-electron chi connectivity index (χ4n) is 1.24. The average Bonchev–Trinajstić information content (AvgIpc) is 2.35. The van der Waals surface area contributed by atoms with Gasteiger partial charge in [-0.1, -0.05) is 18.2 Å². The van der Waals surface area contributed by atoms with Crippen molar-refractivity contribution in [3.63, 3.8) is 0 Å². The lowest BCUT2D eigenvalue weighted by Crippen LogP contribution is -2.23. The Bertz CT molecular complexity index is 318. The molecule has 0 aliphatic heterocycles. The quantitative estimate of drug-likeness (QED) is 0.749. The van der Waals surface area contributed by atoms with Gasteiger partial charge in [0.2, 0.25) is 0 Å². The zero-order valence-corrected chi connectivity index (χ0v) is 9.72. The van der Waals surface area contributed by atoms with E-state index in [1.165, 1.54) is 6.08 Å². The number of aliphatic hydroxyl groups is 1. The summed E-state index contributed by atoms with van der Waals surface area (Å²) in [7, 11) is 1.63. The van der Waals surface area contributed by atoms with Gasteiger partial charge >= 0.3 is 0 Å². The number of rotatable bonds is 6. The van der Waals surface area contributed by atoms with Gasteiger partial charge in [-0.3, -0.25) is 0 Å². The molecule has 2 atom stereocenters. The molecule has 0 saturated carbocycles. The zero-order chi connectivity index (χ0) is 12.0. The molecule has 3 nitrogen and oxygen atoms in total. The van der Waals surface area contributed by atoms with Crippen molar-refractivity contribution < 1.29 is 14.6 Å². The number of aliphatic hydroxyl groups excluding tert-OH is 1. The van der Waals surface area contributed by atoms with Crippen molar-refractivity contribution in [1.82, 2.24) is 0 Å². The van der Waals surface area contributed by atoms with Gasteiger partial charge in [0.15, 0.2) is 0 Å². The predicted octanol–water partition coefficient (Wildman–Crippen LogP) is 2.15. The van der Waals surface area contributed by atoms with Crippen LogP contribution in [0.5, 0.6) is 5.75 Å². The molecule has 16 heavy (non-hydrogen) atoms. The molecule has 1 aromatic carbocycles. The SMILES string of the molecule is C=C[C@@H](O)[C@H](C)OCc1ccc(OC)cc1. The summed E-state index contributed by atoms with van der Waals surface area (Å²) in [5.41, 5.74) is 1.05. The van der Waals surface area contributed by atoms with E-state index in [0.717, 1.165) is 11.3 Å². The first kappa shape index (κ1) is 12.7. The molecule has 88 valence electrons. The summed E-state index contributed by atoms with van der Waals surface area (Å²) in [4.78, 5) is 0. The minimum absolute atomic E-state index is 0.250. The fourth-order valence-corrected chi connectivity index (χ4v) is 1.24. The minimum atomic E-state index is -0.627. The molecular formula is C13H18O3. The first-order valence-corrected chi connectivity index (χ1v) is 5.22. The van der Waals surface area contributed by atoms with Crippen LogP contribution in [0.25, 0.3) is 0 Å². The van der Waals surface area contributed by atoms with Crippen LogP contribution in [-0.2, 0) is 11.3 Å². The maximum Gasteiger partial charge on any atom is 0.118 e. The molecule has 3 heteroatoms. The molecule has 0 aliphatic rings. The molecule has 0 amide bonds. The zero-order valence-electron chi connectivity index (χ0n) is 9.72. The van der Waals surface area contributed by atoms with Crippen LogP contribution in [0.3, 0.4) is 0 Å². The third kappa shape index (κ3) is 3.68. The van der Waals surface area contributed by atoms with Crippen molar-refractivity contribution in [2.24, 2.45) is 0 Å². The molecule has 0 radical (unpaired) electrons. The van der Waals surface area contributed by atoms with E-state index in [2.05, 4.69) is 6.58 Å². The summed E-state index contributed by atoms with van der Waals surface area (Å²) in [6, 6.07) is 7.64. The molecule has 0 aliphatic carbocycles. The first-order valence-electron chi connectivity index (χ1n) is 5.22. The summed E-state index contributed by atoms with van der Waals surface area (Å²) in [5, 5.41) is 9.42. The van der Waals surface area contributed by atoms with Gasteiger partial charge < -0.3 is 14.6 Å². The van der Waals surface area contributed by atoms with E-state index < -0.39 is 6.10 Å². The molecular weight excluding hydrogens is 204 g/mol. The van der Waals surface area contributed by atoms with Gasteiger partial charge in [0.25, 0.3) is 0 Å². The van der Waals surface area contributed by atoms with Crippen LogP contribution >= 0.6 is 0 Å². The monoisotopic (exact) mass is 222 g/mol. The minimum Gasteiger partial charge on any atom is -0.497 e. The molecule has 1 aromatic rings. The lowest BCUT2D eigenvalue weighted by molar-refractivity contribution is -0.0151. The lowest BCUT2D eigenvalue weighted by atomic mass is 10.2. The Morgan fingerprint density at radius 3 is 2.50 bits per heavy atom. The van der Waals surface area contributed by atoms with Crippen LogP contribution in [0.15, 0.2) is 36.9 Å². The highest BCUT2D eigenvalue weighted by Gasteiger charge is 2.10. The van der Waals surface area contributed by atoms with Gasteiger partial charge in [-0.2, -0.15) is 0 Å². The van der Waals surface area contributed by atoms with Crippen LogP contribution in [0.1, 0.15) is 12.5 Å². The normalized spacial score (nSPS) is 14.2. The Kier molecular flexibility index (Phi) is 5.02. The Morgan fingerprint density at radius 1 is 1.38 bits per heavy atom. The number of benzene rings is 1. The second kappa shape index (κ2) is 6.30. The Balaban J connectivity index is 2.45. The van der Waals surface area contributed by atoms with Gasteiger partial charge in [-0.05, 0) is 24.6 Å². The molecule has 1 N–H and O–H groups in total. The molecule has 0 unspecified atom stereocenters. The lowest BCUT2D eigenvalue weighted by Gasteiger charge is -2.16. The van der Waals surface area contributed by atoms with Crippen LogP contribution < -0.4 is 4.74 Å². The Morgan fingerprint density at radius 2 is 2.00 bits per heavy atom. The van der Waals surface area contributed by atoms with E-state index in [1.54, 1.807) is 7.11 Å². The van der Waals surface area contributed by atoms with Crippen LogP contribution in [0.4, 0.5) is 0 Å². The van der Waals surface area contributed by atoms with Gasteiger partial charge in [0.1, 0.15) is 5.75 Å². The summed E-state index contributed by atoms with van der Waals surface area (Å²) in [5.74, 6) is 0.822. The van der Waals surface area contributed by atoms with E-state index in [0.29, 0.717) is 6.61 Å². The number of methoxy groups -OCH3 is 1. The summed E-state index contributed by atoms with van der Waals surface area (Å²) < 4.78 is 10.5. The number of ether oxygens (including phenoxy) is 2. The highest BCUT2D eigenvalue weighted by molar-refractivity contribution is 5.26. The molecule has 0 fully saturated rings. The molecule has 0 saturated heterocycles. The number of hydrogen-bond acceptors (Lipinski definition) is 3. The Labute approximate surface area is 96.3 Å². The van der Waals surface area contributed by atoms with Gasteiger partial charge in [-0.15, -0.1) is 6.58 Å². The first-order chi connectivity index (χ1) is 7.67. The topological polar surface area (TPSA) is 38.7 Å². The molecule has 0 aromatic heterocycles. The largest absolute Gasteiger partial charge is 0.497 e. The molecule has 1 rings (SSSR count). The summed E-state index contributed by atoms with van der Waals surface area (Å²) >= 11 is 0. The van der Waals surface area contributed by atoms with E-state index in [1.807, 2.05) is 31.2 Å². The van der Waals surface area contributed by atoms with Crippen molar-refractivity contribution in [1.29, 1.82) is 0 Å². The Hall–Kier alpha value is -1.32. The van der Waals surface area contributed by atoms with Crippen LogP contribution in [-0.4, -0.2) is 24.4 Å². The summed E-state index contributed by atoms with van der Waals surface area (Å²) in [6.07, 6.45) is 0.594. The highest BCUT2D eigenvalue weighted by atomic mass is 16.5. The van der Waals surface area contributed by atoms with Crippen LogP contribution in [0.2, 0.25) is 0 Å². The third-order valence-corrected chi connectivity index (χ3v) is 2.39. The van der Waals surface area contributed by atoms with E-state index in [-0.39, 0.29) is 6.10 Å². The maximum atomic E-state index is 9.42. The van der Waals surface area contributed by atoms with E-state index >= 15 is 0 Å². The third-order valence-electron chi connectivity index (χ3n) is 2.39. The smallest absolute Gasteiger partial charge is 0.118 e. The highest BCUT2D eigenvalue weighted by Crippen LogP contribution is 2.13. The fraction of sp³-hybridized carbons (Fsp3) is 0.385. The van der Waals surface area contributed by atoms with Crippen molar-refractivity contribution in [2.45, 2.75) is 25.7 Å².